The molecule has 0 aliphatic carbocycles. The summed E-state index contributed by atoms with van der Waals surface area (Å²) < 4.78 is 10.6. The molecular weight excluding hydrogens is 439 g/mol. The van der Waals surface area contributed by atoms with Gasteiger partial charge in [-0.1, -0.05) is 41.4 Å². The van der Waals surface area contributed by atoms with E-state index in [1.54, 1.807) is 30.3 Å². The molecule has 0 unspecified atom stereocenters. The molecule has 8 heteroatoms. The summed E-state index contributed by atoms with van der Waals surface area (Å²) in [5.41, 5.74) is 1.11. The average molecular weight is 457 g/mol. The van der Waals surface area contributed by atoms with E-state index in [0.717, 1.165) is 0 Å². The van der Waals surface area contributed by atoms with Gasteiger partial charge < -0.3 is 14.8 Å². The van der Waals surface area contributed by atoms with Crippen molar-refractivity contribution in [3.8, 4) is 17.6 Å². The second-order valence-electron chi connectivity index (χ2n) is 6.01. The van der Waals surface area contributed by atoms with Crippen LogP contribution in [-0.4, -0.2) is 25.5 Å². The fourth-order valence-electron chi connectivity index (χ4n) is 2.36. The van der Waals surface area contributed by atoms with Gasteiger partial charge in [-0.25, -0.2) is 4.79 Å². The van der Waals surface area contributed by atoms with Crippen molar-refractivity contribution in [2.45, 2.75) is 0 Å². The van der Waals surface area contributed by atoms with Crippen LogP contribution >= 0.6 is 23.2 Å². The molecule has 0 aliphatic heterocycles. The van der Waals surface area contributed by atoms with Gasteiger partial charge in [0.15, 0.2) is 11.5 Å². The lowest BCUT2D eigenvalue weighted by Gasteiger charge is -2.09. The lowest BCUT2D eigenvalue weighted by molar-refractivity contribution is -0.129. The van der Waals surface area contributed by atoms with E-state index < -0.39 is 11.9 Å². The third-order valence-corrected chi connectivity index (χ3v) is 4.58. The molecule has 0 heterocycles. The van der Waals surface area contributed by atoms with Gasteiger partial charge in [-0.15, -0.1) is 6.58 Å². The Labute approximate surface area is 190 Å². The van der Waals surface area contributed by atoms with Crippen molar-refractivity contribution in [1.29, 1.82) is 5.26 Å². The molecule has 0 fully saturated rings. The molecule has 1 amide bonds. The number of rotatable bonds is 8. The largest absolute Gasteiger partial charge is 0.493 e. The van der Waals surface area contributed by atoms with Gasteiger partial charge in [-0.2, -0.15) is 5.26 Å². The number of ether oxygens (including phenoxy) is 2. The highest BCUT2D eigenvalue weighted by Crippen LogP contribution is 2.29. The van der Waals surface area contributed by atoms with E-state index in [4.69, 9.17) is 32.7 Å². The molecule has 0 bridgehead atoms. The van der Waals surface area contributed by atoms with Crippen LogP contribution in [-0.2, 0) is 9.59 Å². The maximum absolute atomic E-state index is 12.2. The van der Waals surface area contributed by atoms with Gasteiger partial charge in [0.25, 0.3) is 5.91 Å². The van der Waals surface area contributed by atoms with E-state index in [9.17, 15) is 14.9 Å². The van der Waals surface area contributed by atoms with E-state index >= 15 is 0 Å². The second kappa shape index (κ2) is 11.6. The molecule has 1 N–H and O–H groups in total. The number of hydrogen-bond acceptors (Lipinski definition) is 5. The molecule has 2 aromatic rings. The van der Waals surface area contributed by atoms with Crippen LogP contribution in [0.2, 0.25) is 10.0 Å². The van der Waals surface area contributed by atoms with E-state index in [1.165, 1.54) is 37.5 Å². The number of halogens is 2. The number of methoxy groups -OCH3 is 1. The van der Waals surface area contributed by atoms with Crippen LogP contribution in [0.3, 0.4) is 0 Å². The number of carbonyl (C=O) groups is 2. The topological polar surface area (TPSA) is 88.4 Å². The SMILES string of the molecule is C=CCNC(=O)C(C#N)=Cc1ccc(OC(=O)C=Cc2ccc(Cl)c(Cl)c2)c(OC)c1. The molecule has 158 valence electrons. The fourth-order valence-corrected chi connectivity index (χ4v) is 2.66. The van der Waals surface area contributed by atoms with Crippen LogP contribution in [0.1, 0.15) is 11.1 Å². The quantitative estimate of drug-likeness (QED) is 0.202. The zero-order chi connectivity index (χ0) is 22.8. The summed E-state index contributed by atoms with van der Waals surface area (Å²) in [7, 11) is 1.41. The standard InChI is InChI=1S/C23H18Cl2N2O4/c1-3-10-27-23(29)17(14-26)11-16-5-8-20(21(13-16)30-2)31-22(28)9-6-15-4-7-18(24)19(25)12-15/h3-9,11-13H,1,10H2,2H3,(H,27,29). The third kappa shape index (κ3) is 7.03. The minimum Gasteiger partial charge on any atom is -0.493 e. The number of amides is 1. The predicted octanol–water partition coefficient (Wildman–Crippen LogP) is 4.83. The zero-order valence-corrected chi connectivity index (χ0v) is 18.0. The Kier molecular flexibility index (Phi) is 8.89. The van der Waals surface area contributed by atoms with Gasteiger partial charge in [-0.3, -0.25) is 4.79 Å². The Morgan fingerprint density at radius 3 is 2.52 bits per heavy atom. The van der Waals surface area contributed by atoms with Crippen molar-refractivity contribution in [2.75, 3.05) is 13.7 Å². The normalized spacial score (nSPS) is 11.0. The Bertz CT molecular complexity index is 1100. The monoisotopic (exact) mass is 456 g/mol. The van der Waals surface area contributed by atoms with Gasteiger partial charge in [0.2, 0.25) is 0 Å². The molecule has 2 rings (SSSR count). The number of nitriles is 1. The van der Waals surface area contributed by atoms with Gasteiger partial charge in [-0.05, 0) is 47.5 Å². The van der Waals surface area contributed by atoms with Crippen molar-refractivity contribution in [3.05, 3.63) is 81.9 Å². The van der Waals surface area contributed by atoms with Crippen molar-refractivity contribution in [2.24, 2.45) is 0 Å². The third-order valence-electron chi connectivity index (χ3n) is 3.84. The lowest BCUT2D eigenvalue weighted by atomic mass is 10.1. The summed E-state index contributed by atoms with van der Waals surface area (Å²) in [5, 5.41) is 12.5. The predicted molar refractivity (Wildman–Crippen MR) is 121 cm³/mol. The highest BCUT2D eigenvalue weighted by Gasteiger charge is 2.11. The Morgan fingerprint density at radius 2 is 1.87 bits per heavy atom. The molecule has 0 spiro atoms. The Balaban J connectivity index is 2.16. The molecule has 0 aliphatic rings. The van der Waals surface area contributed by atoms with Crippen LogP contribution in [0.15, 0.2) is 60.7 Å². The molecular formula is C23H18Cl2N2O4. The second-order valence-corrected chi connectivity index (χ2v) is 6.82. The van der Waals surface area contributed by atoms with Crippen LogP contribution in [0, 0.1) is 11.3 Å². The molecule has 0 atom stereocenters. The first kappa shape index (κ1) is 23.7. The minimum absolute atomic E-state index is 0.0850. The van der Waals surface area contributed by atoms with E-state index in [2.05, 4.69) is 11.9 Å². The first-order chi connectivity index (χ1) is 14.9. The summed E-state index contributed by atoms with van der Waals surface area (Å²) in [6, 6.07) is 11.4. The Hall–Kier alpha value is -3.53. The first-order valence-corrected chi connectivity index (χ1v) is 9.67. The molecule has 6 nitrogen and oxygen atoms in total. The van der Waals surface area contributed by atoms with Gasteiger partial charge >= 0.3 is 5.97 Å². The number of carbonyl (C=O) groups excluding carboxylic acids is 2. The summed E-state index contributed by atoms with van der Waals surface area (Å²) in [4.78, 5) is 24.1. The molecule has 0 radical (unpaired) electrons. The molecule has 0 saturated heterocycles. The zero-order valence-electron chi connectivity index (χ0n) is 16.5. The van der Waals surface area contributed by atoms with E-state index in [0.29, 0.717) is 21.2 Å². The van der Waals surface area contributed by atoms with Crippen molar-refractivity contribution in [1.82, 2.24) is 5.32 Å². The lowest BCUT2D eigenvalue weighted by Crippen LogP contribution is -2.24. The summed E-state index contributed by atoms with van der Waals surface area (Å²) >= 11 is 11.8. The molecule has 31 heavy (non-hydrogen) atoms. The maximum Gasteiger partial charge on any atom is 0.336 e. The van der Waals surface area contributed by atoms with Crippen molar-refractivity contribution >= 4 is 47.2 Å². The smallest absolute Gasteiger partial charge is 0.336 e. The van der Waals surface area contributed by atoms with Gasteiger partial charge in [0.1, 0.15) is 11.6 Å². The first-order valence-electron chi connectivity index (χ1n) is 8.91. The minimum atomic E-state index is -0.630. The maximum atomic E-state index is 12.2. The number of nitrogens with one attached hydrogen (secondary N) is 1. The van der Waals surface area contributed by atoms with Crippen molar-refractivity contribution in [3.63, 3.8) is 0 Å². The Morgan fingerprint density at radius 1 is 1.13 bits per heavy atom. The van der Waals surface area contributed by atoms with Crippen LogP contribution in [0.5, 0.6) is 11.5 Å². The van der Waals surface area contributed by atoms with Crippen molar-refractivity contribution < 1.29 is 19.1 Å². The molecule has 2 aromatic carbocycles. The molecule has 0 aromatic heterocycles. The summed E-state index contributed by atoms with van der Waals surface area (Å²) in [6.07, 6.45) is 5.69. The van der Waals surface area contributed by atoms with Gasteiger partial charge in [0.05, 0.1) is 17.2 Å². The average Bonchev–Trinajstić information content (AvgIpc) is 2.77. The number of benzene rings is 2. The van der Waals surface area contributed by atoms with E-state index in [1.807, 2.05) is 6.07 Å². The highest BCUT2D eigenvalue weighted by atomic mass is 35.5. The van der Waals surface area contributed by atoms with Crippen LogP contribution < -0.4 is 14.8 Å². The fraction of sp³-hybridized carbons (Fsp3) is 0.0870. The van der Waals surface area contributed by atoms with Crippen LogP contribution in [0.25, 0.3) is 12.2 Å². The van der Waals surface area contributed by atoms with E-state index in [-0.39, 0.29) is 23.6 Å². The number of nitrogens with zero attached hydrogens (tertiary/aromatic N) is 1. The number of hydrogen-bond donors (Lipinski definition) is 1. The van der Waals surface area contributed by atoms with Gasteiger partial charge in [0, 0.05) is 12.6 Å². The van der Waals surface area contributed by atoms with Crippen LogP contribution in [0.4, 0.5) is 0 Å². The molecule has 0 saturated carbocycles. The highest BCUT2D eigenvalue weighted by molar-refractivity contribution is 6.42. The number of esters is 1. The summed E-state index contributed by atoms with van der Waals surface area (Å²) in [6.45, 7) is 3.75. The summed E-state index contributed by atoms with van der Waals surface area (Å²) in [5.74, 6) is -0.717.